The van der Waals surface area contributed by atoms with E-state index in [1.807, 2.05) is 25.1 Å². The third kappa shape index (κ3) is 1.13. The first-order valence-corrected chi connectivity index (χ1v) is 5.10. The zero-order valence-corrected chi connectivity index (χ0v) is 8.72. The summed E-state index contributed by atoms with van der Waals surface area (Å²) >= 11 is 13.5. The minimum atomic E-state index is 0.681. The standard InChI is InChI=1S/C9H6Cl2S/c1-5-3-2-4-6-7(5)8(10)9(11)12-6/h2-4H,1H3. The number of thiophene rings is 1. The van der Waals surface area contributed by atoms with Crippen molar-refractivity contribution >= 4 is 44.6 Å². The van der Waals surface area contributed by atoms with Crippen LogP contribution in [0.1, 0.15) is 5.56 Å². The fraction of sp³-hybridized carbons (Fsp3) is 0.111. The summed E-state index contributed by atoms with van der Waals surface area (Å²) in [5.41, 5.74) is 1.18. The lowest BCUT2D eigenvalue weighted by Crippen LogP contribution is -1.71. The summed E-state index contributed by atoms with van der Waals surface area (Å²) in [5.74, 6) is 0. The smallest absolute Gasteiger partial charge is 0.113 e. The molecule has 2 rings (SSSR count). The molecule has 2 aromatic rings. The highest BCUT2D eigenvalue weighted by atomic mass is 35.5. The fourth-order valence-electron chi connectivity index (χ4n) is 1.25. The molecular weight excluding hydrogens is 211 g/mol. The Balaban J connectivity index is 2.97. The number of benzene rings is 1. The fourth-order valence-corrected chi connectivity index (χ4v) is 2.91. The minimum Gasteiger partial charge on any atom is -0.122 e. The van der Waals surface area contributed by atoms with Crippen molar-refractivity contribution in [1.29, 1.82) is 0 Å². The molecule has 62 valence electrons. The minimum absolute atomic E-state index is 0.681. The molecule has 0 bridgehead atoms. The van der Waals surface area contributed by atoms with Crippen LogP contribution in [0.5, 0.6) is 0 Å². The Bertz CT molecular complexity index is 431. The molecule has 1 heterocycles. The molecular formula is C9H6Cl2S. The first kappa shape index (κ1) is 8.36. The van der Waals surface area contributed by atoms with Crippen LogP contribution in [0, 0.1) is 6.92 Å². The van der Waals surface area contributed by atoms with E-state index in [2.05, 4.69) is 0 Å². The second kappa shape index (κ2) is 2.91. The van der Waals surface area contributed by atoms with E-state index in [0.29, 0.717) is 9.36 Å². The summed E-state index contributed by atoms with van der Waals surface area (Å²) in [6, 6.07) is 6.09. The highest BCUT2D eigenvalue weighted by molar-refractivity contribution is 7.23. The van der Waals surface area contributed by atoms with Crippen molar-refractivity contribution in [3.63, 3.8) is 0 Å². The number of halogens is 2. The van der Waals surface area contributed by atoms with Crippen molar-refractivity contribution in [1.82, 2.24) is 0 Å². The lowest BCUT2D eigenvalue weighted by molar-refractivity contribution is 1.55. The van der Waals surface area contributed by atoms with Gasteiger partial charge in [-0.15, -0.1) is 11.3 Å². The number of hydrogen-bond donors (Lipinski definition) is 0. The van der Waals surface area contributed by atoms with Crippen LogP contribution >= 0.6 is 34.5 Å². The summed E-state index contributed by atoms with van der Waals surface area (Å²) in [4.78, 5) is 0. The van der Waals surface area contributed by atoms with Crippen LogP contribution in [0.2, 0.25) is 9.36 Å². The molecule has 0 fully saturated rings. The number of fused-ring (bicyclic) bond motifs is 1. The average molecular weight is 217 g/mol. The summed E-state index contributed by atoms with van der Waals surface area (Å²) in [7, 11) is 0. The van der Waals surface area contributed by atoms with Gasteiger partial charge in [0.25, 0.3) is 0 Å². The van der Waals surface area contributed by atoms with Crippen molar-refractivity contribution in [2.24, 2.45) is 0 Å². The normalized spacial score (nSPS) is 10.9. The van der Waals surface area contributed by atoms with Crippen molar-refractivity contribution in [2.75, 3.05) is 0 Å². The molecule has 0 spiro atoms. The maximum Gasteiger partial charge on any atom is 0.113 e. The number of hydrogen-bond acceptors (Lipinski definition) is 1. The molecule has 0 aliphatic rings. The predicted molar refractivity (Wildman–Crippen MR) is 56.6 cm³/mol. The van der Waals surface area contributed by atoms with Crippen LogP contribution in [0.25, 0.3) is 10.1 Å². The number of aryl methyl sites for hydroxylation is 1. The maximum absolute atomic E-state index is 6.03. The van der Waals surface area contributed by atoms with Crippen LogP contribution in [-0.2, 0) is 0 Å². The Labute approximate surface area is 84.7 Å². The van der Waals surface area contributed by atoms with Gasteiger partial charge in [0.15, 0.2) is 0 Å². The molecule has 0 atom stereocenters. The predicted octanol–water partition coefficient (Wildman–Crippen LogP) is 4.52. The van der Waals surface area contributed by atoms with Gasteiger partial charge in [-0.2, -0.15) is 0 Å². The van der Waals surface area contributed by atoms with Gasteiger partial charge in [0, 0.05) is 10.1 Å². The molecule has 0 saturated heterocycles. The maximum atomic E-state index is 6.03. The highest BCUT2D eigenvalue weighted by Gasteiger charge is 2.09. The second-order valence-electron chi connectivity index (χ2n) is 2.64. The van der Waals surface area contributed by atoms with Gasteiger partial charge in [-0.25, -0.2) is 0 Å². The van der Waals surface area contributed by atoms with E-state index in [4.69, 9.17) is 23.2 Å². The van der Waals surface area contributed by atoms with Crippen molar-refractivity contribution in [3.8, 4) is 0 Å². The van der Waals surface area contributed by atoms with E-state index < -0.39 is 0 Å². The largest absolute Gasteiger partial charge is 0.122 e. The molecule has 0 saturated carbocycles. The zero-order valence-electron chi connectivity index (χ0n) is 6.40. The van der Waals surface area contributed by atoms with E-state index in [9.17, 15) is 0 Å². The van der Waals surface area contributed by atoms with Crippen LogP contribution < -0.4 is 0 Å². The molecule has 1 aromatic carbocycles. The van der Waals surface area contributed by atoms with Crippen molar-refractivity contribution < 1.29 is 0 Å². The van der Waals surface area contributed by atoms with E-state index in [0.717, 1.165) is 10.1 Å². The Morgan fingerprint density at radius 3 is 2.67 bits per heavy atom. The van der Waals surface area contributed by atoms with Crippen molar-refractivity contribution in [2.45, 2.75) is 6.92 Å². The molecule has 12 heavy (non-hydrogen) atoms. The van der Waals surface area contributed by atoms with Gasteiger partial charge >= 0.3 is 0 Å². The summed E-state index contributed by atoms with van der Waals surface area (Å²) in [5, 5.41) is 1.78. The molecule has 0 unspecified atom stereocenters. The zero-order chi connectivity index (χ0) is 8.72. The van der Waals surface area contributed by atoms with E-state index in [1.165, 1.54) is 16.9 Å². The summed E-state index contributed by atoms with van der Waals surface area (Å²) < 4.78 is 1.84. The quantitative estimate of drug-likeness (QED) is 0.608. The second-order valence-corrected chi connectivity index (χ2v) is 4.67. The monoisotopic (exact) mass is 216 g/mol. The van der Waals surface area contributed by atoms with E-state index >= 15 is 0 Å². The van der Waals surface area contributed by atoms with E-state index in [1.54, 1.807) is 0 Å². The Kier molecular flexibility index (Phi) is 2.03. The molecule has 0 aliphatic heterocycles. The van der Waals surface area contributed by atoms with Crippen LogP contribution in [0.15, 0.2) is 18.2 Å². The van der Waals surface area contributed by atoms with Crippen LogP contribution in [-0.4, -0.2) is 0 Å². The van der Waals surface area contributed by atoms with Crippen LogP contribution in [0.3, 0.4) is 0 Å². The van der Waals surface area contributed by atoms with Gasteiger partial charge < -0.3 is 0 Å². The van der Waals surface area contributed by atoms with Gasteiger partial charge in [-0.05, 0) is 18.6 Å². The lowest BCUT2D eigenvalue weighted by Gasteiger charge is -1.94. The highest BCUT2D eigenvalue weighted by Crippen LogP contribution is 2.40. The average Bonchev–Trinajstić information content (AvgIpc) is 2.29. The van der Waals surface area contributed by atoms with Gasteiger partial charge in [0.2, 0.25) is 0 Å². The summed E-state index contributed by atoms with van der Waals surface area (Å²) in [6.07, 6.45) is 0. The Morgan fingerprint density at radius 2 is 2.00 bits per heavy atom. The van der Waals surface area contributed by atoms with Gasteiger partial charge in [-0.1, -0.05) is 35.3 Å². The molecule has 0 N–H and O–H groups in total. The van der Waals surface area contributed by atoms with Crippen LogP contribution in [0.4, 0.5) is 0 Å². The van der Waals surface area contributed by atoms with Gasteiger partial charge in [0.05, 0.1) is 5.02 Å². The van der Waals surface area contributed by atoms with Gasteiger partial charge in [0.1, 0.15) is 4.34 Å². The first-order chi connectivity index (χ1) is 5.70. The molecule has 0 radical (unpaired) electrons. The molecule has 1 aromatic heterocycles. The first-order valence-electron chi connectivity index (χ1n) is 3.53. The lowest BCUT2D eigenvalue weighted by atomic mass is 10.2. The SMILES string of the molecule is Cc1cccc2sc(Cl)c(Cl)c12. The summed E-state index contributed by atoms with van der Waals surface area (Å²) in [6.45, 7) is 2.04. The Hall–Kier alpha value is -0.240. The molecule has 3 heteroatoms. The Morgan fingerprint density at radius 1 is 1.25 bits per heavy atom. The van der Waals surface area contributed by atoms with Gasteiger partial charge in [-0.3, -0.25) is 0 Å². The topological polar surface area (TPSA) is 0 Å². The molecule has 0 nitrogen and oxygen atoms in total. The third-order valence-electron chi connectivity index (χ3n) is 1.83. The molecule has 0 amide bonds. The van der Waals surface area contributed by atoms with E-state index in [-0.39, 0.29) is 0 Å². The third-order valence-corrected chi connectivity index (χ3v) is 3.78. The molecule has 0 aliphatic carbocycles. The number of rotatable bonds is 0. The van der Waals surface area contributed by atoms with Crippen molar-refractivity contribution in [3.05, 3.63) is 33.1 Å².